The third-order valence-electron chi connectivity index (χ3n) is 6.50. The third-order valence-corrected chi connectivity index (χ3v) is 7.54. The maximum Gasteiger partial charge on any atom is 0.286 e. The molecule has 4 rings (SSSR count). The average molecular weight is 496 g/mol. The van der Waals surface area contributed by atoms with E-state index in [1.165, 1.54) is 6.42 Å². The number of rotatable bonds is 11. The van der Waals surface area contributed by atoms with Crippen LogP contribution in [0.5, 0.6) is 11.5 Å². The average Bonchev–Trinajstić information content (AvgIpc) is 3.22. The number of ketones is 1. The van der Waals surface area contributed by atoms with Crippen LogP contribution in [0.3, 0.4) is 0 Å². The Morgan fingerprint density at radius 1 is 1.03 bits per heavy atom. The number of nitrogens with one attached hydrogen (secondary N) is 1. The summed E-state index contributed by atoms with van der Waals surface area (Å²) in [6.45, 7) is 3.10. The number of hydrogen-bond donors (Lipinski definition) is 1. The molecule has 0 bridgehead atoms. The number of hydrogen-bond acceptors (Lipinski definition) is 6. The fraction of sp³-hybridized carbons (Fsp3) is 0.464. The minimum atomic E-state index is -0.528. The van der Waals surface area contributed by atoms with Crippen molar-refractivity contribution in [2.24, 2.45) is 5.92 Å². The van der Waals surface area contributed by atoms with Crippen LogP contribution in [0.2, 0.25) is 0 Å². The van der Waals surface area contributed by atoms with E-state index in [9.17, 15) is 14.4 Å². The number of thioether (sulfide) groups is 1. The van der Waals surface area contributed by atoms with Crippen molar-refractivity contribution in [2.75, 3.05) is 13.2 Å². The Balaban J connectivity index is 1.28. The minimum Gasteiger partial charge on any atom is -0.493 e. The number of amides is 2. The molecule has 0 aromatic heterocycles. The lowest BCUT2D eigenvalue weighted by molar-refractivity contribution is -0.119. The van der Waals surface area contributed by atoms with Gasteiger partial charge in [0.15, 0.2) is 5.78 Å². The van der Waals surface area contributed by atoms with Gasteiger partial charge in [0.05, 0.1) is 13.2 Å². The van der Waals surface area contributed by atoms with E-state index in [0.29, 0.717) is 25.4 Å². The molecule has 2 aliphatic rings. The van der Waals surface area contributed by atoms with E-state index in [1.807, 2.05) is 36.4 Å². The monoisotopic (exact) mass is 495 g/mol. The summed E-state index contributed by atoms with van der Waals surface area (Å²) in [5.41, 5.74) is 2.65. The quantitative estimate of drug-likeness (QED) is 0.292. The molecule has 0 radical (unpaired) electrons. The highest BCUT2D eigenvalue weighted by Gasteiger charge is 2.33. The van der Waals surface area contributed by atoms with Gasteiger partial charge in [-0.05, 0) is 72.5 Å². The van der Waals surface area contributed by atoms with Gasteiger partial charge < -0.3 is 9.47 Å². The molecule has 0 unspecified atom stereocenters. The van der Waals surface area contributed by atoms with Crippen molar-refractivity contribution >= 4 is 28.7 Å². The lowest BCUT2D eigenvalue weighted by atomic mass is 9.83. The highest BCUT2D eigenvalue weighted by Crippen LogP contribution is 2.35. The molecule has 1 saturated carbocycles. The van der Waals surface area contributed by atoms with Crippen LogP contribution < -0.4 is 14.8 Å². The van der Waals surface area contributed by atoms with E-state index < -0.39 is 5.25 Å². The number of imide groups is 1. The van der Waals surface area contributed by atoms with E-state index in [4.69, 9.17) is 9.47 Å². The molecule has 2 aromatic rings. The number of aryl methyl sites for hydroxylation is 1. The van der Waals surface area contributed by atoms with Crippen molar-refractivity contribution in [3.63, 3.8) is 0 Å². The predicted octanol–water partition coefficient (Wildman–Crippen LogP) is 6.27. The predicted molar refractivity (Wildman–Crippen MR) is 137 cm³/mol. The zero-order valence-corrected chi connectivity index (χ0v) is 21.0. The van der Waals surface area contributed by atoms with Crippen molar-refractivity contribution in [1.82, 2.24) is 5.32 Å². The molecule has 6 nitrogen and oxygen atoms in total. The van der Waals surface area contributed by atoms with Gasteiger partial charge in [-0.25, -0.2) is 0 Å². The number of Topliss-reactive ketones (excluding diaryl/α,β-unsaturated/α-hetero) is 1. The van der Waals surface area contributed by atoms with Gasteiger partial charge in [-0.2, -0.15) is 0 Å². The van der Waals surface area contributed by atoms with Gasteiger partial charge in [0, 0.05) is 17.9 Å². The summed E-state index contributed by atoms with van der Waals surface area (Å²) in [7, 11) is 0. The standard InChI is InChI=1S/C28H33NO5S/c1-2-8-20-17-21(25(30)19-9-4-3-5-10-19)13-14-24(20)34-16-7-15-33-23-12-6-11-22(18-23)26-27(31)29-28(32)35-26/h6,11-14,17-19,26H,2-5,7-10,15-16H2,1H3,(H,29,31,32)/t26-/m0/s1. The fourth-order valence-electron chi connectivity index (χ4n) is 4.71. The maximum atomic E-state index is 12.9. The first kappa shape index (κ1) is 25.3. The Kier molecular flexibility index (Phi) is 8.85. The molecular weight excluding hydrogens is 462 g/mol. The molecule has 35 heavy (non-hydrogen) atoms. The number of carbonyl (C=O) groups excluding carboxylic acids is 3. The molecule has 1 aliphatic carbocycles. The second-order valence-electron chi connectivity index (χ2n) is 9.17. The molecule has 1 saturated heterocycles. The van der Waals surface area contributed by atoms with Crippen LogP contribution in [-0.4, -0.2) is 30.1 Å². The Labute approximate surface area is 211 Å². The SMILES string of the molecule is CCCc1cc(C(=O)C2CCCCC2)ccc1OCCCOc1cccc([C@@H]2SC(=O)NC2=O)c1. The summed E-state index contributed by atoms with van der Waals surface area (Å²) in [6.07, 6.45) is 8.11. The van der Waals surface area contributed by atoms with Gasteiger partial charge >= 0.3 is 0 Å². The van der Waals surface area contributed by atoms with Crippen molar-refractivity contribution < 1.29 is 23.9 Å². The van der Waals surface area contributed by atoms with E-state index >= 15 is 0 Å². The molecule has 2 fully saturated rings. The normalized spacial score (nSPS) is 18.4. The molecule has 2 amide bonds. The van der Waals surface area contributed by atoms with Crippen molar-refractivity contribution in [3.8, 4) is 11.5 Å². The summed E-state index contributed by atoms with van der Waals surface area (Å²) in [6, 6.07) is 13.2. The molecule has 1 heterocycles. The summed E-state index contributed by atoms with van der Waals surface area (Å²) >= 11 is 0.985. The Hall–Kier alpha value is -2.80. The second-order valence-corrected chi connectivity index (χ2v) is 10.2. The van der Waals surface area contributed by atoms with E-state index in [2.05, 4.69) is 12.2 Å². The minimum absolute atomic E-state index is 0.169. The van der Waals surface area contributed by atoms with Gasteiger partial charge in [0.1, 0.15) is 16.7 Å². The molecule has 1 atom stereocenters. The van der Waals surface area contributed by atoms with Gasteiger partial charge in [-0.15, -0.1) is 0 Å². The molecule has 7 heteroatoms. The van der Waals surface area contributed by atoms with Crippen LogP contribution >= 0.6 is 11.8 Å². The third kappa shape index (κ3) is 6.66. The molecule has 0 spiro atoms. The zero-order chi connectivity index (χ0) is 24.6. The van der Waals surface area contributed by atoms with Crippen LogP contribution in [0, 0.1) is 5.92 Å². The molecule has 2 aromatic carbocycles. The highest BCUT2D eigenvalue weighted by molar-refractivity contribution is 8.15. The summed E-state index contributed by atoms with van der Waals surface area (Å²) in [4.78, 5) is 36.3. The van der Waals surface area contributed by atoms with Gasteiger partial charge in [-0.1, -0.05) is 44.7 Å². The van der Waals surface area contributed by atoms with E-state index in [0.717, 1.165) is 72.7 Å². The first-order valence-corrected chi connectivity index (χ1v) is 13.5. The number of benzene rings is 2. The molecular formula is C28H33NO5S. The van der Waals surface area contributed by atoms with Crippen LogP contribution in [0.1, 0.15) is 78.6 Å². The largest absolute Gasteiger partial charge is 0.493 e. The zero-order valence-electron chi connectivity index (χ0n) is 20.2. The van der Waals surface area contributed by atoms with Crippen LogP contribution in [0.15, 0.2) is 42.5 Å². The lowest BCUT2D eigenvalue weighted by Gasteiger charge is -2.21. The van der Waals surface area contributed by atoms with Crippen molar-refractivity contribution in [1.29, 1.82) is 0 Å². The summed E-state index contributed by atoms with van der Waals surface area (Å²) in [5.74, 6) is 1.65. The smallest absolute Gasteiger partial charge is 0.286 e. The summed E-state index contributed by atoms with van der Waals surface area (Å²) in [5, 5.41) is 1.46. The first-order valence-electron chi connectivity index (χ1n) is 12.6. The van der Waals surface area contributed by atoms with Gasteiger partial charge in [0.25, 0.3) is 5.24 Å². The van der Waals surface area contributed by atoms with E-state index in [1.54, 1.807) is 6.07 Å². The lowest BCUT2D eigenvalue weighted by Crippen LogP contribution is -2.20. The van der Waals surface area contributed by atoms with Crippen LogP contribution in [0.4, 0.5) is 4.79 Å². The second kappa shape index (κ2) is 12.2. The van der Waals surface area contributed by atoms with Crippen LogP contribution in [0.25, 0.3) is 0 Å². The van der Waals surface area contributed by atoms with Crippen LogP contribution in [-0.2, 0) is 11.2 Å². The Morgan fingerprint density at radius 2 is 1.83 bits per heavy atom. The molecule has 1 aliphatic heterocycles. The Morgan fingerprint density at radius 3 is 2.57 bits per heavy atom. The van der Waals surface area contributed by atoms with Gasteiger partial charge in [-0.3, -0.25) is 19.7 Å². The van der Waals surface area contributed by atoms with Crippen molar-refractivity contribution in [2.45, 2.75) is 63.5 Å². The van der Waals surface area contributed by atoms with E-state index in [-0.39, 0.29) is 22.8 Å². The topological polar surface area (TPSA) is 81.7 Å². The maximum absolute atomic E-state index is 12.9. The summed E-state index contributed by atoms with van der Waals surface area (Å²) < 4.78 is 11.9. The molecule has 1 N–H and O–H groups in total. The van der Waals surface area contributed by atoms with Crippen molar-refractivity contribution in [3.05, 3.63) is 59.2 Å². The fourth-order valence-corrected chi connectivity index (χ4v) is 5.54. The van der Waals surface area contributed by atoms with Gasteiger partial charge in [0.2, 0.25) is 5.91 Å². The Bertz CT molecular complexity index is 1060. The highest BCUT2D eigenvalue weighted by atomic mass is 32.2. The molecule has 186 valence electrons. The number of ether oxygens (including phenoxy) is 2. The first-order chi connectivity index (χ1) is 17.0. The number of carbonyl (C=O) groups is 3.